The molecule has 0 fully saturated rings. The molecule has 1 atom stereocenters. The Morgan fingerprint density at radius 3 is 2.58 bits per heavy atom. The molecule has 100 valence electrons. The molecule has 0 aliphatic carbocycles. The van der Waals surface area contributed by atoms with Crippen LogP contribution in [0.1, 0.15) is 36.1 Å². The largest absolute Gasteiger partial charge is 0.306 e. The molecule has 2 heteroatoms. The number of aryl methyl sites for hydroxylation is 1. The monoisotopic (exact) mass is 257 g/mol. The van der Waals surface area contributed by atoms with Gasteiger partial charge in [-0.1, -0.05) is 55.0 Å². The van der Waals surface area contributed by atoms with Crippen molar-refractivity contribution in [3.05, 3.63) is 71.0 Å². The number of hydrogen-bond donors (Lipinski definition) is 1. The summed E-state index contributed by atoms with van der Waals surface area (Å²) in [5.74, 6) is -0.155. The van der Waals surface area contributed by atoms with E-state index < -0.39 is 0 Å². The van der Waals surface area contributed by atoms with Gasteiger partial charge < -0.3 is 5.32 Å². The third kappa shape index (κ3) is 3.42. The van der Waals surface area contributed by atoms with Crippen LogP contribution in [-0.4, -0.2) is 6.54 Å². The highest BCUT2D eigenvalue weighted by molar-refractivity contribution is 5.34. The predicted octanol–water partition coefficient (Wildman–Crippen LogP) is 4.22. The summed E-state index contributed by atoms with van der Waals surface area (Å²) in [5.41, 5.74) is 3.01. The van der Waals surface area contributed by atoms with Crippen LogP contribution >= 0.6 is 0 Å². The van der Waals surface area contributed by atoms with Crippen LogP contribution in [0, 0.1) is 12.7 Å². The maximum atomic E-state index is 14.0. The molecule has 1 unspecified atom stereocenters. The van der Waals surface area contributed by atoms with Crippen molar-refractivity contribution in [3.63, 3.8) is 0 Å². The third-order valence-electron chi connectivity index (χ3n) is 3.19. The first-order valence-electron chi connectivity index (χ1n) is 6.76. The van der Waals surface area contributed by atoms with E-state index >= 15 is 0 Å². The molecule has 0 saturated carbocycles. The van der Waals surface area contributed by atoms with Crippen LogP contribution in [0.3, 0.4) is 0 Å². The van der Waals surface area contributed by atoms with Gasteiger partial charge in [0.1, 0.15) is 5.82 Å². The molecule has 0 heterocycles. The average molecular weight is 257 g/mol. The van der Waals surface area contributed by atoms with E-state index in [4.69, 9.17) is 0 Å². The van der Waals surface area contributed by atoms with Gasteiger partial charge >= 0.3 is 0 Å². The number of hydrogen-bond acceptors (Lipinski definition) is 1. The summed E-state index contributed by atoms with van der Waals surface area (Å²) in [6.45, 7) is 5.04. The zero-order valence-corrected chi connectivity index (χ0v) is 11.5. The second-order valence-electron chi connectivity index (χ2n) is 4.82. The van der Waals surface area contributed by atoms with Gasteiger partial charge in [0.2, 0.25) is 0 Å². The van der Waals surface area contributed by atoms with Crippen molar-refractivity contribution in [2.45, 2.75) is 26.3 Å². The van der Waals surface area contributed by atoms with Gasteiger partial charge in [0.25, 0.3) is 0 Å². The van der Waals surface area contributed by atoms with Gasteiger partial charge in [-0.15, -0.1) is 0 Å². The van der Waals surface area contributed by atoms with Crippen LogP contribution in [-0.2, 0) is 0 Å². The topological polar surface area (TPSA) is 12.0 Å². The van der Waals surface area contributed by atoms with Gasteiger partial charge in [0, 0.05) is 5.56 Å². The zero-order chi connectivity index (χ0) is 13.7. The molecule has 0 aromatic heterocycles. The Labute approximate surface area is 114 Å². The van der Waals surface area contributed by atoms with E-state index in [1.165, 1.54) is 11.6 Å². The number of rotatable bonds is 5. The lowest BCUT2D eigenvalue weighted by atomic mass is 9.97. The summed E-state index contributed by atoms with van der Waals surface area (Å²) in [7, 11) is 0. The highest BCUT2D eigenvalue weighted by atomic mass is 19.1. The highest BCUT2D eigenvalue weighted by Gasteiger charge is 2.16. The van der Waals surface area contributed by atoms with Crippen LogP contribution in [0.2, 0.25) is 0 Å². The minimum atomic E-state index is -0.155. The van der Waals surface area contributed by atoms with Crippen LogP contribution < -0.4 is 5.32 Å². The Kier molecular flexibility index (Phi) is 4.69. The number of nitrogens with one attached hydrogen (secondary N) is 1. The average Bonchev–Trinajstić information content (AvgIpc) is 2.41. The van der Waals surface area contributed by atoms with Crippen LogP contribution in [0.15, 0.2) is 48.5 Å². The van der Waals surface area contributed by atoms with Crippen molar-refractivity contribution < 1.29 is 4.39 Å². The second kappa shape index (κ2) is 6.48. The van der Waals surface area contributed by atoms with Crippen LogP contribution in [0.25, 0.3) is 0 Å². The summed E-state index contributed by atoms with van der Waals surface area (Å²) in [5, 5.41) is 3.43. The summed E-state index contributed by atoms with van der Waals surface area (Å²) in [6.07, 6.45) is 1.02. The van der Waals surface area contributed by atoms with Gasteiger partial charge in [-0.25, -0.2) is 4.39 Å². The molecule has 0 radical (unpaired) electrons. The smallest absolute Gasteiger partial charge is 0.128 e. The molecule has 0 saturated heterocycles. The predicted molar refractivity (Wildman–Crippen MR) is 77.7 cm³/mol. The fourth-order valence-corrected chi connectivity index (χ4v) is 2.25. The molecular weight excluding hydrogens is 237 g/mol. The highest BCUT2D eigenvalue weighted by Crippen LogP contribution is 2.25. The van der Waals surface area contributed by atoms with E-state index in [0.717, 1.165) is 18.5 Å². The van der Waals surface area contributed by atoms with E-state index in [-0.39, 0.29) is 11.9 Å². The Bertz CT molecular complexity index is 536. The Balaban J connectivity index is 2.38. The first-order chi connectivity index (χ1) is 9.22. The molecular formula is C17H20FN. The molecule has 1 nitrogen and oxygen atoms in total. The lowest BCUT2D eigenvalue weighted by Gasteiger charge is -2.20. The lowest BCUT2D eigenvalue weighted by Crippen LogP contribution is -2.24. The van der Waals surface area contributed by atoms with Crippen molar-refractivity contribution in [1.29, 1.82) is 0 Å². The zero-order valence-electron chi connectivity index (χ0n) is 11.5. The van der Waals surface area contributed by atoms with Gasteiger partial charge in [0.05, 0.1) is 6.04 Å². The Morgan fingerprint density at radius 1 is 1.11 bits per heavy atom. The summed E-state index contributed by atoms with van der Waals surface area (Å²) in [4.78, 5) is 0. The molecule has 0 spiro atoms. The molecule has 0 amide bonds. The molecule has 0 aliphatic rings. The first-order valence-corrected chi connectivity index (χ1v) is 6.76. The molecule has 0 aliphatic heterocycles. The van der Waals surface area contributed by atoms with Crippen molar-refractivity contribution in [2.75, 3.05) is 6.54 Å². The molecule has 19 heavy (non-hydrogen) atoms. The summed E-state index contributed by atoms with van der Waals surface area (Å²) >= 11 is 0. The van der Waals surface area contributed by atoms with E-state index in [2.05, 4.69) is 31.3 Å². The number of halogens is 1. The normalized spacial score (nSPS) is 12.4. The van der Waals surface area contributed by atoms with E-state index in [1.807, 2.05) is 24.3 Å². The van der Waals surface area contributed by atoms with Crippen molar-refractivity contribution in [3.8, 4) is 0 Å². The third-order valence-corrected chi connectivity index (χ3v) is 3.19. The van der Waals surface area contributed by atoms with E-state index in [9.17, 15) is 4.39 Å². The summed E-state index contributed by atoms with van der Waals surface area (Å²) in [6, 6.07) is 15.1. The Morgan fingerprint density at radius 2 is 1.89 bits per heavy atom. The standard InChI is InChI=1S/C17H20FN/c1-3-11-19-17(14-8-6-7-13(2)12-14)15-9-4-5-10-16(15)18/h4-10,12,17,19H,3,11H2,1-2H3. The maximum absolute atomic E-state index is 14.0. The minimum absolute atomic E-state index is 0.0824. The van der Waals surface area contributed by atoms with Crippen LogP contribution in [0.5, 0.6) is 0 Å². The van der Waals surface area contributed by atoms with Crippen molar-refractivity contribution >= 4 is 0 Å². The molecule has 2 aromatic rings. The van der Waals surface area contributed by atoms with Crippen molar-refractivity contribution in [1.82, 2.24) is 5.32 Å². The minimum Gasteiger partial charge on any atom is -0.306 e. The molecule has 2 aromatic carbocycles. The quantitative estimate of drug-likeness (QED) is 0.845. The van der Waals surface area contributed by atoms with Gasteiger partial charge in [-0.05, 0) is 31.5 Å². The fourth-order valence-electron chi connectivity index (χ4n) is 2.25. The van der Waals surface area contributed by atoms with Gasteiger partial charge in [0.15, 0.2) is 0 Å². The molecule has 1 N–H and O–H groups in total. The fraction of sp³-hybridized carbons (Fsp3) is 0.294. The van der Waals surface area contributed by atoms with Crippen LogP contribution in [0.4, 0.5) is 4.39 Å². The molecule has 2 rings (SSSR count). The van der Waals surface area contributed by atoms with E-state index in [1.54, 1.807) is 6.07 Å². The number of benzene rings is 2. The lowest BCUT2D eigenvalue weighted by molar-refractivity contribution is 0.546. The van der Waals surface area contributed by atoms with E-state index in [0.29, 0.717) is 5.56 Å². The maximum Gasteiger partial charge on any atom is 0.128 e. The first kappa shape index (κ1) is 13.8. The summed E-state index contributed by atoms with van der Waals surface area (Å²) < 4.78 is 14.0. The van der Waals surface area contributed by atoms with Crippen molar-refractivity contribution in [2.24, 2.45) is 0 Å². The van der Waals surface area contributed by atoms with Gasteiger partial charge in [-0.2, -0.15) is 0 Å². The second-order valence-corrected chi connectivity index (χ2v) is 4.82. The SMILES string of the molecule is CCCNC(c1cccc(C)c1)c1ccccc1F. The van der Waals surface area contributed by atoms with Gasteiger partial charge in [-0.3, -0.25) is 0 Å². The Hall–Kier alpha value is -1.67. The molecule has 0 bridgehead atoms.